The average molecular weight is 305 g/mol. The predicted molar refractivity (Wildman–Crippen MR) is 80.1 cm³/mol. The first kappa shape index (κ1) is 14.9. The highest BCUT2D eigenvalue weighted by Crippen LogP contribution is 2.26. The zero-order valence-electron chi connectivity index (χ0n) is 11.1. The monoisotopic (exact) mass is 305 g/mol. The Morgan fingerprint density at radius 2 is 1.95 bits per heavy atom. The lowest BCUT2D eigenvalue weighted by Gasteiger charge is -1.97. The molecule has 0 fully saturated rings. The molecule has 0 unspecified atom stereocenters. The molecule has 1 amide bonds. The van der Waals surface area contributed by atoms with Crippen LogP contribution in [0.4, 0.5) is 9.39 Å². The summed E-state index contributed by atoms with van der Waals surface area (Å²) in [6.45, 7) is 1.67. The number of anilines is 1. The van der Waals surface area contributed by atoms with Crippen LogP contribution >= 0.6 is 11.3 Å². The first-order valence-electron chi connectivity index (χ1n) is 6.04. The van der Waals surface area contributed by atoms with E-state index in [1.165, 1.54) is 18.2 Å². The molecular weight excluding hydrogens is 293 g/mol. The number of carboxylic acid groups (broad SMARTS) is 1. The third kappa shape index (κ3) is 4.00. The van der Waals surface area contributed by atoms with E-state index in [4.69, 9.17) is 5.11 Å². The lowest BCUT2D eigenvalue weighted by Crippen LogP contribution is -2.06. The molecule has 1 aromatic heterocycles. The molecule has 2 aromatic rings. The maximum atomic E-state index is 12.7. The Hall–Kier alpha value is -2.47. The minimum Gasteiger partial charge on any atom is -0.477 e. The van der Waals surface area contributed by atoms with Gasteiger partial charge in [-0.3, -0.25) is 4.79 Å². The number of aryl methyl sites for hydroxylation is 1. The number of hydrogen-bond acceptors (Lipinski definition) is 3. The summed E-state index contributed by atoms with van der Waals surface area (Å²) in [4.78, 5) is 22.8. The predicted octanol–water partition coefficient (Wildman–Crippen LogP) is 3.55. The van der Waals surface area contributed by atoms with Crippen LogP contribution in [0.25, 0.3) is 6.08 Å². The fourth-order valence-electron chi connectivity index (χ4n) is 1.66. The van der Waals surface area contributed by atoms with Gasteiger partial charge >= 0.3 is 5.97 Å². The van der Waals surface area contributed by atoms with Crippen molar-refractivity contribution < 1.29 is 19.1 Å². The second-order valence-electron chi connectivity index (χ2n) is 4.30. The topological polar surface area (TPSA) is 66.4 Å². The zero-order chi connectivity index (χ0) is 15.4. The number of rotatable bonds is 4. The van der Waals surface area contributed by atoms with Crippen LogP contribution in [0, 0.1) is 12.7 Å². The summed E-state index contributed by atoms with van der Waals surface area (Å²) >= 11 is 1.00. The van der Waals surface area contributed by atoms with Gasteiger partial charge in [-0.15, -0.1) is 11.3 Å². The summed E-state index contributed by atoms with van der Waals surface area (Å²) in [6, 6.07) is 7.32. The number of amides is 1. The smallest absolute Gasteiger partial charge is 0.346 e. The summed E-state index contributed by atoms with van der Waals surface area (Å²) in [5, 5.41) is 12.0. The maximum absolute atomic E-state index is 12.7. The van der Waals surface area contributed by atoms with Crippen LogP contribution in [-0.2, 0) is 4.79 Å². The molecule has 108 valence electrons. The summed E-state index contributed by atoms with van der Waals surface area (Å²) in [5.74, 6) is -1.73. The Morgan fingerprint density at radius 3 is 2.52 bits per heavy atom. The first-order chi connectivity index (χ1) is 9.95. The van der Waals surface area contributed by atoms with Crippen molar-refractivity contribution in [2.45, 2.75) is 6.92 Å². The van der Waals surface area contributed by atoms with Crippen LogP contribution < -0.4 is 5.32 Å². The molecule has 6 heteroatoms. The number of carbonyl (C=O) groups excluding carboxylic acids is 1. The first-order valence-corrected chi connectivity index (χ1v) is 6.85. The minimum atomic E-state index is -1.01. The van der Waals surface area contributed by atoms with E-state index in [2.05, 4.69) is 5.32 Å². The van der Waals surface area contributed by atoms with Gasteiger partial charge < -0.3 is 10.4 Å². The summed E-state index contributed by atoms with van der Waals surface area (Å²) in [7, 11) is 0. The van der Waals surface area contributed by atoms with Gasteiger partial charge in [0, 0.05) is 6.08 Å². The molecule has 0 aliphatic carbocycles. The van der Waals surface area contributed by atoms with Gasteiger partial charge in [0.2, 0.25) is 5.91 Å². The molecule has 0 aliphatic heterocycles. The van der Waals surface area contributed by atoms with Gasteiger partial charge in [0.05, 0.1) is 5.00 Å². The Bertz CT molecular complexity index is 704. The van der Waals surface area contributed by atoms with Crippen molar-refractivity contribution in [2.75, 3.05) is 5.32 Å². The Labute approximate surface area is 124 Å². The Morgan fingerprint density at radius 1 is 1.29 bits per heavy atom. The van der Waals surface area contributed by atoms with Crippen LogP contribution in [0.5, 0.6) is 0 Å². The molecule has 4 nitrogen and oxygen atoms in total. The molecule has 2 N–H and O–H groups in total. The van der Waals surface area contributed by atoms with Crippen molar-refractivity contribution in [2.24, 2.45) is 0 Å². The SMILES string of the molecule is Cc1cc(NC(=O)/C=C/c2ccc(F)cc2)sc1C(=O)O. The Kier molecular flexibility index (Phi) is 4.49. The summed E-state index contributed by atoms with van der Waals surface area (Å²) < 4.78 is 12.7. The van der Waals surface area contributed by atoms with Gasteiger partial charge in [-0.05, 0) is 42.3 Å². The van der Waals surface area contributed by atoms with Crippen LogP contribution in [0.15, 0.2) is 36.4 Å². The van der Waals surface area contributed by atoms with E-state index >= 15 is 0 Å². The fourth-order valence-corrected chi connectivity index (χ4v) is 2.58. The molecule has 0 saturated heterocycles. The number of thiophene rings is 1. The van der Waals surface area contributed by atoms with Crippen molar-refractivity contribution in [1.82, 2.24) is 0 Å². The maximum Gasteiger partial charge on any atom is 0.346 e. The van der Waals surface area contributed by atoms with Gasteiger partial charge in [0.1, 0.15) is 10.7 Å². The van der Waals surface area contributed by atoms with E-state index in [0.29, 0.717) is 16.1 Å². The van der Waals surface area contributed by atoms with Gasteiger partial charge in [-0.2, -0.15) is 0 Å². The fraction of sp³-hybridized carbons (Fsp3) is 0.0667. The number of benzene rings is 1. The van der Waals surface area contributed by atoms with Crippen molar-refractivity contribution >= 4 is 34.3 Å². The van der Waals surface area contributed by atoms with E-state index in [-0.39, 0.29) is 16.6 Å². The van der Waals surface area contributed by atoms with Crippen LogP contribution in [0.2, 0.25) is 0 Å². The molecule has 0 atom stereocenters. The van der Waals surface area contributed by atoms with Gasteiger partial charge in [0.25, 0.3) is 0 Å². The largest absolute Gasteiger partial charge is 0.477 e. The molecule has 0 radical (unpaired) electrons. The van der Waals surface area contributed by atoms with Crippen LogP contribution in [-0.4, -0.2) is 17.0 Å². The minimum absolute atomic E-state index is 0.202. The van der Waals surface area contributed by atoms with Crippen molar-refractivity contribution in [3.05, 3.63) is 58.2 Å². The second kappa shape index (κ2) is 6.32. The second-order valence-corrected chi connectivity index (χ2v) is 5.35. The Balaban J connectivity index is 2.03. The molecule has 21 heavy (non-hydrogen) atoms. The molecule has 1 heterocycles. The summed E-state index contributed by atoms with van der Waals surface area (Å²) in [5.41, 5.74) is 1.30. The standard InChI is InChI=1S/C15H12FNO3S/c1-9-8-13(21-14(9)15(19)20)17-12(18)7-4-10-2-5-11(16)6-3-10/h2-8H,1H3,(H,17,18)(H,19,20)/b7-4+. The number of halogens is 1. The van der Waals surface area contributed by atoms with Crippen LogP contribution in [0.1, 0.15) is 20.8 Å². The molecule has 0 spiro atoms. The quantitative estimate of drug-likeness (QED) is 0.849. The van der Waals surface area contributed by atoms with Crippen molar-refractivity contribution in [1.29, 1.82) is 0 Å². The molecule has 1 aromatic carbocycles. The highest BCUT2D eigenvalue weighted by atomic mass is 32.1. The van der Waals surface area contributed by atoms with E-state index in [9.17, 15) is 14.0 Å². The highest BCUT2D eigenvalue weighted by molar-refractivity contribution is 7.18. The average Bonchev–Trinajstić information content (AvgIpc) is 2.79. The molecule has 0 aliphatic rings. The zero-order valence-corrected chi connectivity index (χ0v) is 11.9. The third-order valence-electron chi connectivity index (χ3n) is 2.66. The highest BCUT2D eigenvalue weighted by Gasteiger charge is 2.12. The van der Waals surface area contributed by atoms with E-state index in [0.717, 1.165) is 11.3 Å². The van der Waals surface area contributed by atoms with E-state index < -0.39 is 5.97 Å². The van der Waals surface area contributed by atoms with Gasteiger partial charge in [0.15, 0.2) is 0 Å². The number of carbonyl (C=O) groups is 2. The molecule has 0 bridgehead atoms. The third-order valence-corrected chi connectivity index (χ3v) is 3.80. The van der Waals surface area contributed by atoms with E-state index in [1.54, 1.807) is 31.2 Å². The number of carboxylic acids is 1. The van der Waals surface area contributed by atoms with Gasteiger partial charge in [-0.1, -0.05) is 12.1 Å². The lowest BCUT2D eigenvalue weighted by molar-refractivity contribution is -0.111. The number of nitrogens with one attached hydrogen (secondary N) is 1. The molecule has 2 rings (SSSR count). The van der Waals surface area contributed by atoms with Crippen molar-refractivity contribution in [3.63, 3.8) is 0 Å². The number of aromatic carboxylic acids is 1. The van der Waals surface area contributed by atoms with Gasteiger partial charge in [-0.25, -0.2) is 9.18 Å². The lowest BCUT2D eigenvalue weighted by atomic mass is 10.2. The molecule has 0 saturated carbocycles. The van der Waals surface area contributed by atoms with Crippen molar-refractivity contribution in [3.8, 4) is 0 Å². The molecular formula is C15H12FNO3S. The number of hydrogen-bond donors (Lipinski definition) is 2. The van der Waals surface area contributed by atoms with Crippen LogP contribution in [0.3, 0.4) is 0 Å². The summed E-state index contributed by atoms with van der Waals surface area (Å²) in [6.07, 6.45) is 2.86. The normalized spacial score (nSPS) is 10.8. The van der Waals surface area contributed by atoms with E-state index in [1.807, 2.05) is 0 Å².